The second kappa shape index (κ2) is 8.27. The van der Waals surface area contributed by atoms with Gasteiger partial charge in [-0.3, -0.25) is 9.80 Å². The van der Waals surface area contributed by atoms with Crippen LogP contribution >= 0.6 is 0 Å². The fourth-order valence-electron chi connectivity index (χ4n) is 2.65. The van der Waals surface area contributed by atoms with Crippen molar-refractivity contribution in [3.05, 3.63) is 35.4 Å². The van der Waals surface area contributed by atoms with Crippen LogP contribution < -0.4 is 0 Å². The smallest absolute Gasteiger partial charge is 0.335 e. The van der Waals surface area contributed by atoms with Gasteiger partial charge in [-0.05, 0) is 31.5 Å². The standard InChI is InChI=1S/C17H26N2O3/c1-14(2)22-11-10-18-6-8-19(9-7-18)13-15-4-3-5-16(12-15)17(20)21/h3-5,12,14H,6-11,13H2,1-2H3,(H,20,21). The number of carboxylic acid groups (broad SMARTS) is 1. The van der Waals surface area contributed by atoms with Crippen LogP contribution in [0.2, 0.25) is 0 Å². The fraction of sp³-hybridized carbons (Fsp3) is 0.588. The molecule has 0 amide bonds. The molecule has 1 heterocycles. The first-order valence-electron chi connectivity index (χ1n) is 7.93. The molecular formula is C17H26N2O3. The van der Waals surface area contributed by atoms with Crippen LogP contribution in [0.5, 0.6) is 0 Å². The molecule has 1 aliphatic rings. The van der Waals surface area contributed by atoms with E-state index in [4.69, 9.17) is 9.84 Å². The maximum atomic E-state index is 11.0. The molecule has 22 heavy (non-hydrogen) atoms. The number of hydrogen-bond acceptors (Lipinski definition) is 4. The molecule has 5 nitrogen and oxygen atoms in total. The third kappa shape index (κ3) is 5.40. The van der Waals surface area contributed by atoms with E-state index in [1.165, 1.54) is 0 Å². The Morgan fingerprint density at radius 2 is 1.91 bits per heavy atom. The highest BCUT2D eigenvalue weighted by Gasteiger charge is 2.17. The maximum Gasteiger partial charge on any atom is 0.335 e. The first-order valence-corrected chi connectivity index (χ1v) is 7.93. The SMILES string of the molecule is CC(C)OCCN1CCN(Cc2cccc(C(=O)O)c2)CC1. The van der Waals surface area contributed by atoms with E-state index in [9.17, 15) is 4.79 Å². The van der Waals surface area contributed by atoms with Crippen LogP contribution in [-0.4, -0.2) is 66.3 Å². The second-order valence-electron chi connectivity index (χ2n) is 6.04. The Labute approximate surface area is 132 Å². The number of hydrogen-bond donors (Lipinski definition) is 1. The lowest BCUT2D eigenvalue weighted by Gasteiger charge is -2.34. The molecule has 122 valence electrons. The third-order valence-corrected chi connectivity index (χ3v) is 3.90. The zero-order valence-corrected chi connectivity index (χ0v) is 13.5. The minimum absolute atomic E-state index is 0.294. The van der Waals surface area contributed by atoms with E-state index in [1.54, 1.807) is 12.1 Å². The van der Waals surface area contributed by atoms with Crippen LogP contribution in [0.3, 0.4) is 0 Å². The summed E-state index contributed by atoms with van der Waals surface area (Å²) in [5.74, 6) is -0.864. The number of nitrogens with zero attached hydrogens (tertiary/aromatic N) is 2. The summed E-state index contributed by atoms with van der Waals surface area (Å²) in [6, 6.07) is 7.22. The van der Waals surface area contributed by atoms with Gasteiger partial charge in [0.15, 0.2) is 0 Å². The maximum absolute atomic E-state index is 11.0. The lowest BCUT2D eigenvalue weighted by molar-refractivity contribution is 0.0437. The third-order valence-electron chi connectivity index (χ3n) is 3.90. The Hall–Kier alpha value is -1.43. The van der Waals surface area contributed by atoms with Crippen molar-refractivity contribution in [3.63, 3.8) is 0 Å². The highest BCUT2D eigenvalue weighted by molar-refractivity contribution is 5.87. The molecular weight excluding hydrogens is 280 g/mol. The summed E-state index contributed by atoms with van der Waals surface area (Å²) in [5, 5.41) is 9.04. The number of carboxylic acids is 1. The summed E-state index contributed by atoms with van der Waals surface area (Å²) >= 11 is 0. The Morgan fingerprint density at radius 1 is 1.23 bits per heavy atom. The van der Waals surface area contributed by atoms with Crippen LogP contribution in [0.1, 0.15) is 29.8 Å². The average Bonchev–Trinajstić information content (AvgIpc) is 2.49. The first-order chi connectivity index (χ1) is 10.5. The van der Waals surface area contributed by atoms with Gasteiger partial charge in [0, 0.05) is 39.3 Å². The Bertz CT molecular complexity index is 483. The number of ether oxygens (including phenoxy) is 1. The molecule has 5 heteroatoms. The summed E-state index contributed by atoms with van der Waals surface area (Å²) < 4.78 is 5.59. The summed E-state index contributed by atoms with van der Waals surface area (Å²) in [4.78, 5) is 15.8. The van der Waals surface area contributed by atoms with E-state index in [0.29, 0.717) is 11.7 Å². The summed E-state index contributed by atoms with van der Waals surface area (Å²) in [5.41, 5.74) is 1.43. The van der Waals surface area contributed by atoms with Crippen molar-refractivity contribution in [1.82, 2.24) is 9.80 Å². The zero-order chi connectivity index (χ0) is 15.9. The Morgan fingerprint density at radius 3 is 2.55 bits per heavy atom. The number of piperazine rings is 1. The van der Waals surface area contributed by atoms with Crippen molar-refractivity contribution in [3.8, 4) is 0 Å². The van der Waals surface area contributed by atoms with Crippen molar-refractivity contribution < 1.29 is 14.6 Å². The van der Waals surface area contributed by atoms with Gasteiger partial charge in [0.05, 0.1) is 18.3 Å². The van der Waals surface area contributed by atoms with Crippen molar-refractivity contribution in [2.45, 2.75) is 26.5 Å². The van der Waals surface area contributed by atoms with E-state index in [0.717, 1.165) is 51.4 Å². The van der Waals surface area contributed by atoms with Crippen LogP contribution in [0.4, 0.5) is 0 Å². The molecule has 0 aromatic heterocycles. The summed E-state index contributed by atoms with van der Waals surface area (Å²) in [7, 11) is 0. The predicted octanol–water partition coefficient (Wildman–Crippen LogP) is 1.93. The fourth-order valence-corrected chi connectivity index (χ4v) is 2.65. The number of carbonyl (C=O) groups is 1. The van der Waals surface area contributed by atoms with Gasteiger partial charge in [0.25, 0.3) is 0 Å². The number of aromatic carboxylic acids is 1. The molecule has 1 saturated heterocycles. The van der Waals surface area contributed by atoms with Gasteiger partial charge in [-0.1, -0.05) is 12.1 Å². The minimum Gasteiger partial charge on any atom is -0.478 e. The van der Waals surface area contributed by atoms with Crippen LogP contribution in [0.15, 0.2) is 24.3 Å². The molecule has 0 atom stereocenters. The molecule has 0 bridgehead atoms. The van der Waals surface area contributed by atoms with Crippen molar-refractivity contribution in [1.29, 1.82) is 0 Å². The molecule has 0 radical (unpaired) electrons. The molecule has 0 aliphatic carbocycles. The number of rotatable bonds is 7. The first kappa shape index (κ1) is 16.9. The monoisotopic (exact) mass is 306 g/mol. The second-order valence-corrected chi connectivity index (χ2v) is 6.04. The molecule has 0 spiro atoms. The average molecular weight is 306 g/mol. The summed E-state index contributed by atoms with van der Waals surface area (Å²) in [6.07, 6.45) is 0.294. The number of benzene rings is 1. The van der Waals surface area contributed by atoms with E-state index in [1.807, 2.05) is 12.1 Å². The van der Waals surface area contributed by atoms with Gasteiger partial charge >= 0.3 is 5.97 Å². The summed E-state index contributed by atoms with van der Waals surface area (Å²) in [6.45, 7) is 10.8. The molecule has 0 unspecified atom stereocenters. The molecule has 1 N–H and O–H groups in total. The quantitative estimate of drug-likeness (QED) is 0.834. The Kier molecular flexibility index (Phi) is 6.36. The molecule has 1 aromatic carbocycles. The van der Waals surface area contributed by atoms with E-state index >= 15 is 0 Å². The molecule has 1 aromatic rings. The highest BCUT2D eigenvalue weighted by Crippen LogP contribution is 2.11. The van der Waals surface area contributed by atoms with Crippen molar-refractivity contribution in [2.24, 2.45) is 0 Å². The zero-order valence-electron chi connectivity index (χ0n) is 13.5. The van der Waals surface area contributed by atoms with E-state index in [-0.39, 0.29) is 0 Å². The highest BCUT2D eigenvalue weighted by atomic mass is 16.5. The van der Waals surface area contributed by atoms with E-state index < -0.39 is 5.97 Å². The van der Waals surface area contributed by atoms with Gasteiger partial charge in [0.1, 0.15) is 0 Å². The van der Waals surface area contributed by atoms with Gasteiger partial charge < -0.3 is 9.84 Å². The topological polar surface area (TPSA) is 53.0 Å². The largest absolute Gasteiger partial charge is 0.478 e. The van der Waals surface area contributed by atoms with Crippen molar-refractivity contribution >= 4 is 5.97 Å². The Balaban J connectivity index is 1.75. The van der Waals surface area contributed by atoms with Crippen molar-refractivity contribution in [2.75, 3.05) is 39.3 Å². The van der Waals surface area contributed by atoms with Crippen LogP contribution in [-0.2, 0) is 11.3 Å². The minimum atomic E-state index is -0.864. The molecule has 0 saturated carbocycles. The normalized spacial score (nSPS) is 17.0. The van der Waals surface area contributed by atoms with Gasteiger partial charge in [-0.25, -0.2) is 4.79 Å². The van der Waals surface area contributed by atoms with E-state index in [2.05, 4.69) is 23.6 Å². The van der Waals surface area contributed by atoms with Crippen LogP contribution in [0, 0.1) is 0 Å². The lowest BCUT2D eigenvalue weighted by Crippen LogP contribution is -2.46. The molecule has 2 rings (SSSR count). The van der Waals surface area contributed by atoms with Gasteiger partial charge in [0.2, 0.25) is 0 Å². The van der Waals surface area contributed by atoms with Gasteiger partial charge in [-0.2, -0.15) is 0 Å². The predicted molar refractivity (Wildman–Crippen MR) is 86.2 cm³/mol. The van der Waals surface area contributed by atoms with Gasteiger partial charge in [-0.15, -0.1) is 0 Å². The molecule has 1 aliphatic heterocycles. The van der Waals surface area contributed by atoms with Crippen LogP contribution in [0.25, 0.3) is 0 Å². The lowest BCUT2D eigenvalue weighted by atomic mass is 10.1. The molecule has 1 fully saturated rings.